The van der Waals surface area contributed by atoms with E-state index < -0.39 is 34.6 Å². The lowest BCUT2D eigenvalue weighted by Gasteiger charge is -2.49. The Bertz CT molecular complexity index is 960. The molecule has 2 saturated heterocycles. The number of likely N-dealkylation sites (tertiary alicyclic amines) is 1. The maximum atomic E-state index is 14.5. The number of aliphatic hydroxyl groups is 1. The van der Waals surface area contributed by atoms with Crippen LogP contribution in [0.2, 0.25) is 0 Å². The van der Waals surface area contributed by atoms with Gasteiger partial charge in [0.15, 0.2) is 11.6 Å². The second kappa shape index (κ2) is 7.77. The summed E-state index contributed by atoms with van der Waals surface area (Å²) in [4.78, 5) is 14.3. The van der Waals surface area contributed by atoms with Crippen LogP contribution in [0.25, 0.3) is 0 Å². The first kappa shape index (κ1) is 20.4. The van der Waals surface area contributed by atoms with Crippen molar-refractivity contribution in [3.63, 3.8) is 0 Å². The number of nitrogens with zero attached hydrogens (tertiary/aromatic N) is 1. The molecule has 2 aromatic carbocycles. The van der Waals surface area contributed by atoms with Crippen molar-refractivity contribution >= 4 is 39.9 Å². The normalized spacial score (nSPS) is 20.4. The summed E-state index contributed by atoms with van der Waals surface area (Å²) in [5, 5.41) is 16.4. The van der Waals surface area contributed by atoms with Crippen LogP contribution >= 0.6 is 22.6 Å². The van der Waals surface area contributed by atoms with E-state index in [-0.39, 0.29) is 30.4 Å². The van der Waals surface area contributed by atoms with E-state index in [4.69, 9.17) is 0 Å². The summed E-state index contributed by atoms with van der Waals surface area (Å²) in [7, 11) is 0. The monoisotopic (exact) mass is 517 g/mol. The highest BCUT2D eigenvalue weighted by Gasteiger charge is 2.50. The Kier molecular flexibility index (Phi) is 5.47. The number of carbonyl (C=O) groups is 1. The van der Waals surface area contributed by atoms with E-state index in [0.29, 0.717) is 3.57 Å². The first-order chi connectivity index (χ1) is 13.8. The van der Waals surface area contributed by atoms with Gasteiger partial charge < -0.3 is 20.6 Å². The third-order valence-electron chi connectivity index (χ3n) is 5.44. The summed E-state index contributed by atoms with van der Waals surface area (Å²) in [5.74, 6) is -3.61. The van der Waals surface area contributed by atoms with Gasteiger partial charge in [-0.15, -0.1) is 0 Å². The molecule has 2 aliphatic heterocycles. The second-order valence-corrected chi connectivity index (χ2v) is 8.69. The molecular formula is C20H19F3IN3O2. The molecule has 0 aromatic heterocycles. The van der Waals surface area contributed by atoms with Crippen LogP contribution in [-0.2, 0) is 0 Å². The predicted octanol–water partition coefficient (Wildman–Crippen LogP) is 3.39. The Balaban J connectivity index is 1.59. The largest absolute Gasteiger partial charge is 0.385 e. The summed E-state index contributed by atoms with van der Waals surface area (Å²) >= 11 is 1.93. The molecule has 3 N–H and O–H groups in total. The molecule has 1 amide bonds. The number of carbonyl (C=O) groups excluding carboxylic acids is 1. The van der Waals surface area contributed by atoms with Gasteiger partial charge in [0.1, 0.15) is 11.4 Å². The maximum absolute atomic E-state index is 14.5. The summed E-state index contributed by atoms with van der Waals surface area (Å²) in [6.45, 7) is 1.01. The topological polar surface area (TPSA) is 64.6 Å². The van der Waals surface area contributed by atoms with Gasteiger partial charge in [-0.25, -0.2) is 13.2 Å². The minimum Gasteiger partial charge on any atom is -0.385 e. The Labute approximate surface area is 179 Å². The lowest BCUT2D eigenvalue weighted by atomic mass is 9.84. The van der Waals surface area contributed by atoms with Crippen LogP contribution in [-0.4, -0.2) is 47.2 Å². The number of halogens is 4. The molecule has 5 nitrogen and oxygen atoms in total. The number of β-amino-alcohol motifs (C(OH)–C–C–N with tert-alkyl or cyclic N) is 1. The van der Waals surface area contributed by atoms with Gasteiger partial charge in [0.2, 0.25) is 0 Å². The standard InChI is InChI=1S/C20H19F3IN3O2/c21-13-5-4-12(18(17(13)23)26-15-6-3-11(24)8-14(15)22)19(28)27-9-20(29,10-27)16-2-1-7-25-16/h3-6,8,16,25-26,29H,1-2,7,9-10H2/t16-/m0/s1. The van der Waals surface area contributed by atoms with Gasteiger partial charge in [0, 0.05) is 9.61 Å². The average Bonchev–Trinajstić information content (AvgIpc) is 3.19. The van der Waals surface area contributed by atoms with E-state index in [1.54, 1.807) is 6.07 Å². The van der Waals surface area contributed by atoms with Crippen molar-refractivity contribution in [1.82, 2.24) is 10.2 Å². The lowest BCUT2D eigenvalue weighted by Crippen LogP contribution is -2.70. The van der Waals surface area contributed by atoms with Crippen LogP contribution in [0.3, 0.4) is 0 Å². The molecular weight excluding hydrogens is 498 g/mol. The fourth-order valence-electron chi connectivity index (χ4n) is 3.87. The molecule has 2 aliphatic rings. The summed E-state index contributed by atoms with van der Waals surface area (Å²) < 4.78 is 43.2. The van der Waals surface area contributed by atoms with Crippen molar-refractivity contribution in [2.45, 2.75) is 24.5 Å². The van der Waals surface area contributed by atoms with E-state index >= 15 is 0 Å². The van der Waals surface area contributed by atoms with Crippen LogP contribution < -0.4 is 10.6 Å². The number of hydrogen-bond acceptors (Lipinski definition) is 4. The van der Waals surface area contributed by atoms with Gasteiger partial charge in [-0.05, 0) is 72.3 Å². The number of hydrogen-bond donors (Lipinski definition) is 3. The second-order valence-electron chi connectivity index (χ2n) is 7.45. The molecule has 9 heteroatoms. The number of rotatable bonds is 4. The van der Waals surface area contributed by atoms with Crippen molar-refractivity contribution in [1.29, 1.82) is 0 Å². The first-order valence-corrected chi connectivity index (χ1v) is 10.3. The molecule has 0 radical (unpaired) electrons. The van der Waals surface area contributed by atoms with Crippen LogP contribution in [0.15, 0.2) is 30.3 Å². The van der Waals surface area contributed by atoms with Crippen LogP contribution in [0.4, 0.5) is 24.5 Å². The molecule has 1 atom stereocenters. The zero-order chi connectivity index (χ0) is 20.8. The molecule has 2 fully saturated rings. The highest BCUT2D eigenvalue weighted by atomic mass is 127. The Morgan fingerprint density at radius 2 is 1.97 bits per heavy atom. The number of nitrogens with one attached hydrogen (secondary N) is 2. The van der Waals surface area contributed by atoms with Crippen molar-refractivity contribution in [3.05, 3.63) is 56.9 Å². The van der Waals surface area contributed by atoms with Crippen molar-refractivity contribution in [2.75, 3.05) is 25.0 Å². The zero-order valence-corrected chi connectivity index (χ0v) is 17.5. The Morgan fingerprint density at radius 3 is 2.62 bits per heavy atom. The highest BCUT2D eigenvalue weighted by molar-refractivity contribution is 14.1. The zero-order valence-electron chi connectivity index (χ0n) is 15.3. The molecule has 4 rings (SSSR count). The molecule has 0 spiro atoms. The fourth-order valence-corrected chi connectivity index (χ4v) is 4.32. The third kappa shape index (κ3) is 3.82. The lowest BCUT2D eigenvalue weighted by molar-refractivity contribution is -0.100. The van der Waals surface area contributed by atoms with E-state index in [0.717, 1.165) is 25.5 Å². The molecule has 0 unspecified atom stereocenters. The molecule has 154 valence electrons. The van der Waals surface area contributed by atoms with Gasteiger partial charge in [-0.1, -0.05) is 0 Å². The van der Waals surface area contributed by atoms with Crippen molar-refractivity contribution < 1.29 is 23.1 Å². The van der Waals surface area contributed by atoms with Gasteiger partial charge in [0.25, 0.3) is 5.91 Å². The van der Waals surface area contributed by atoms with Crippen LogP contribution in [0.5, 0.6) is 0 Å². The third-order valence-corrected chi connectivity index (χ3v) is 6.11. The average molecular weight is 517 g/mol. The van der Waals surface area contributed by atoms with Crippen molar-refractivity contribution in [3.8, 4) is 0 Å². The van der Waals surface area contributed by atoms with Gasteiger partial charge >= 0.3 is 0 Å². The van der Waals surface area contributed by atoms with Crippen molar-refractivity contribution in [2.24, 2.45) is 0 Å². The maximum Gasteiger partial charge on any atom is 0.256 e. The fraction of sp³-hybridized carbons (Fsp3) is 0.350. The predicted molar refractivity (Wildman–Crippen MR) is 111 cm³/mol. The summed E-state index contributed by atoms with van der Waals surface area (Å²) in [6, 6.07) is 6.18. The number of amides is 1. The molecule has 2 heterocycles. The summed E-state index contributed by atoms with van der Waals surface area (Å²) in [5.41, 5.74) is -1.65. The molecule has 0 aliphatic carbocycles. The van der Waals surface area contributed by atoms with Gasteiger partial charge in [-0.2, -0.15) is 0 Å². The van der Waals surface area contributed by atoms with Gasteiger partial charge in [0.05, 0.1) is 30.0 Å². The molecule has 2 aromatic rings. The minimum atomic E-state index is -1.26. The summed E-state index contributed by atoms with van der Waals surface area (Å²) in [6.07, 6.45) is 1.78. The van der Waals surface area contributed by atoms with E-state index in [9.17, 15) is 23.1 Å². The number of anilines is 2. The quantitative estimate of drug-likeness (QED) is 0.545. The molecule has 0 bridgehead atoms. The minimum absolute atomic E-state index is 0.0702. The first-order valence-electron chi connectivity index (χ1n) is 9.23. The molecule has 29 heavy (non-hydrogen) atoms. The number of benzene rings is 2. The van der Waals surface area contributed by atoms with Crippen LogP contribution in [0.1, 0.15) is 23.2 Å². The van der Waals surface area contributed by atoms with Gasteiger partial charge in [-0.3, -0.25) is 4.79 Å². The molecule has 0 saturated carbocycles. The SMILES string of the molecule is O=C(c1ccc(F)c(F)c1Nc1ccc(I)cc1F)N1CC(O)([C@@H]2CCCN2)C1. The Hall–Kier alpha value is -1.85. The van der Waals surface area contributed by atoms with E-state index in [2.05, 4.69) is 10.6 Å². The highest BCUT2D eigenvalue weighted by Crippen LogP contribution is 2.34. The smallest absolute Gasteiger partial charge is 0.256 e. The van der Waals surface area contributed by atoms with E-state index in [1.165, 1.54) is 23.1 Å². The Morgan fingerprint density at radius 1 is 1.21 bits per heavy atom. The van der Waals surface area contributed by atoms with Crippen LogP contribution in [0, 0.1) is 21.0 Å². The van der Waals surface area contributed by atoms with E-state index in [1.807, 2.05) is 22.6 Å².